The van der Waals surface area contributed by atoms with Gasteiger partial charge in [-0.3, -0.25) is 9.69 Å². The molecule has 0 N–H and O–H groups in total. The Morgan fingerprint density at radius 1 is 1.17 bits per heavy atom. The van der Waals surface area contributed by atoms with Gasteiger partial charge >= 0.3 is 0 Å². The van der Waals surface area contributed by atoms with E-state index in [-0.39, 0.29) is 5.91 Å². The average molecular weight is 396 g/mol. The summed E-state index contributed by atoms with van der Waals surface area (Å²) < 4.78 is 5.20. The molecule has 0 bridgehead atoms. The number of methoxy groups -OCH3 is 1. The van der Waals surface area contributed by atoms with E-state index in [9.17, 15) is 4.79 Å². The molecule has 2 atom stereocenters. The van der Waals surface area contributed by atoms with Crippen LogP contribution in [0.3, 0.4) is 0 Å². The molecule has 0 spiro atoms. The van der Waals surface area contributed by atoms with Gasteiger partial charge in [-0.2, -0.15) is 0 Å². The number of anilines is 1. The Hall–Kier alpha value is -2.67. The van der Waals surface area contributed by atoms with E-state index in [2.05, 4.69) is 14.9 Å². The number of benzene rings is 1. The second kappa shape index (κ2) is 8.37. The summed E-state index contributed by atoms with van der Waals surface area (Å²) in [7, 11) is 5.52. The van der Waals surface area contributed by atoms with Crippen molar-refractivity contribution in [3.05, 3.63) is 47.8 Å². The van der Waals surface area contributed by atoms with E-state index in [0.29, 0.717) is 12.0 Å². The van der Waals surface area contributed by atoms with Crippen LogP contribution in [-0.4, -0.2) is 72.6 Å². The fourth-order valence-corrected chi connectivity index (χ4v) is 4.45. The standard InChI is InChI=1S/C22H29N5O2/c1-25(2)22-23-11-16(12-24-22)13-26-10-4-5-18-14-27(15-20(18)26)21(28)17-6-8-19(29-3)9-7-17/h6-9,11-12,18,20H,4-5,10,13-15H2,1-3H3/t18-,20+/m1/s1. The molecular weight excluding hydrogens is 366 g/mol. The number of piperidine rings is 1. The van der Waals surface area contributed by atoms with Crippen molar-refractivity contribution in [3.63, 3.8) is 0 Å². The molecule has 2 aromatic rings. The van der Waals surface area contributed by atoms with Crippen molar-refractivity contribution in [2.45, 2.75) is 25.4 Å². The van der Waals surface area contributed by atoms with Crippen molar-refractivity contribution in [2.75, 3.05) is 45.7 Å². The van der Waals surface area contributed by atoms with E-state index in [1.165, 1.54) is 12.8 Å². The number of nitrogens with zero attached hydrogens (tertiary/aromatic N) is 5. The second-order valence-corrected chi connectivity index (χ2v) is 8.16. The van der Waals surface area contributed by atoms with Crippen LogP contribution in [-0.2, 0) is 6.54 Å². The van der Waals surface area contributed by atoms with Crippen molar-refractivity contribution < 1.29 is 9.53 Å². The third-order valence-corrected chi connectivity index (χ3v) is 6.00. The van der Waals surface area contributed by atoms with Crippen molar-refractivity contribution in [3.8, 4) is 5.75 Å². The highest BCUT2D eigenvalue weighted by atomic mass is 16.5. The lowest BCUT2D eigenvalue weighted by Gasteiger charge is -2.36. The molecule has 154 valence electrons. The molecule has 0 radical (unpaired) electrons. The van der Waals surface area contributed by atoms with Crippen LogP contribution in [0.4, 0.5) is 5.95 Å². The zero-order valence-electron chi connectivity index (χ0n) is 17.4. The van der Waals surface area contributed by atoms with Gasteiger partial charge in [0.1, 0.15) is 5.75 Å². The van der Waals surface area contributed by atoms with E-state index >= 15 is 0 Å². The highest BCUT2D eigenvalue weighted by molar-refractivity contribution is 5.94. The fourth-order valence-electron chi connectivity index (χ4n) is 4.45. The quantitative estimate of drug-likeness (QED) is 0.774. The van der Waals surface area contributed by atoms with Crippen LogP contribution in [0.1, 0.15) is 28.8 Å². The molecule has 1 aromatic heterocycles. The second-order valence-electron chi connectivity index (χ2n) is 8.16. The van der Waals surface area contributed by atoms with Gasteiger partial charge in [0.15, 0.2) is 0 Å². The number of rotatable bonds is 5. The third kappa shape index (κ3) is 4.19. The smallest absolute Gasteiger partial charge is 0.253 e. The van der Waals surface area contributed by atoms with Gasteiger partial charge in [0.25, 0.3) is 5.91 Å². The van der Waals surface area contributed by atoms with E-state index in [0.717, 1.165) is 49.0 Å². The molecule has 7 heteroatoms. The van der Waals surface area contributed by atoms with Crippen molar-refractivity contribution in [1.82, 2.24) is 19.8 Å². The third-order valence-electron chi connectivity index (χ3n) is 6.00. The Labute approximate surface area is 172 Å². The average Bonchev–Trinajstić information content (AvgIpc) is 3.19. The Balaban J connectivity index is 1.43. The van der Waals surface area contributed by atoms with E-state index in [4.69, 9.17) is 4.74 Å². The summed E-state index contributed by atoms with van der Waals surface area (Å²) in [4.78, 5) is 28.3. The molecular formula is C22H29N5O2. The van der Waals surface area contributed by atoms with Gasteiger partial charge in [-0.25, -0.2) is 9.97 Å². The number of ether oxygens (including phenoxy) is 1. The summed E-state index contributed by atoms with van der Waals surface area (Å²) in [5.74, 6) is 2.14. The number of carbonyl (C=O) groups excluding carboxylic acids is 1. The maximum absolute atomic E-state index is 13.0. The van der Waals surface area contributed by atoms with E-state index in [1.807, 2.05) is 60.6 Å². The summed E-state index contributed by atoms with van der Waals surface area (Å²) in [5.41, 5.74) is 1.85. The van der Waals surface area contributed by atoms with Crippen molar-refractivity contribution in [2.24, 2.45) is 5.92 Å². The summed E-state index contributed by atoms with van der Waals surface area (Å²) in [6, 6.07) is 7.80. The lowest BCUT2D eigenvalue weighted by Crippen LogP contribution is -2.44. The monoisotopic (exact) mass is 395 g/mol. The number of hydrogen-bond acceptors (Lipinski definition) is 6. The minimum Gasteiger partial charge on any atom is -0.497 e. The number of aromatic nitrogens is 2. The van der Waals surface area contributed by atoms with Crippen molar-refractivity contribution in [1.29, 1.82) is 0 Å². The Bertz CT molecular complexity index is 837. The van der Waals surface area contributed by atoms with Gasteiger partial charge in [-0.1, -0.05) is 0 Å². The molecule has 2 aliphatic heterocycles. The normalized spacial score (nSPS) is 21.7. The SMILES string of the molecule is COc1ccc(C(=O)N2C[C@H]3CCCN(Cc4cnc(N(C)C)nc4)[C@H]3C2)cc1. The zero-order valence-corrected chi connectivity index (χ0v) is 17.4. The highest BCUT2D eigenvalue weighted by Crippen LogP contribution is 2.32. The van der Waals surface area contributed by atoms with Crippen LogP contribution >= 0.6 is 0 Å². The molecule has 0 unspecified atom stereocenters. The Morgan fingerprint density at radius 3 is 2.55 bits per heavy atom. The van der Waals surface area contributed by atoms with Gasteiger partial charge in [-0.15, -0.1) is 0 Å². The summed E-state index contributed by atoms with van der Waals surface area (Å²) in [5, 5.41) is 0. The minimum atomic E-state index is 0.112. The summed E-state index contributed by atoms with van der Waals surface area (Å²) in [6.45, 7) is 3.51. The fraction of sp³-hybridized carbons (Fsp3) is 0.500. The number of fused-ring (bicyclic) bond motifs is 1. The van der Waals surface area contributed by atoms with Gasteiger partial charge < -0.3 is 14.5 Å². The van der Waals surface area contributed by atoms with E-state index < -0.39 is 0 Å². The Morgan fingerprint density at radius 2 is 1.90 bits per heavy atom. The van der Waals surface area contributed by atoms with Gasteiger partial charge in [0, 0.05) is 63.3 Å². The van der Waals surface area contributed by atoms with Gasteiger partial charge in [-0.05, 0) is 49.6 Å². The number of carbonyl (C=O) groups is 1. The molecule has 1 amide bonds. The largest absolute Gasteiger partial charge is 0.497 e. The first-order valence-electron chi connectivity index (χ1n) is 10.2. The maximum atomic E-state index is 13.0. The topological polar surface area (TPSA) is 61.8 Å². The first-order chi connectivity index (χ1) is 14.0. The number of amides is 1. The lowest BCUT2D eigenvalue weighted by molar-refractivity contribution is 0.0774. The van der Waals surface area contributed by atoms with E-state index in [1.54, 1.807) is 7.11 Å². The molecule has 2 saturated heterocycles. The molecule has 7 nitrogen and oxygen atoms in total. The molecule has 29 heavy (non-hydrogen) atoms. The number of likely N-dealkylation sites (tertiary alicyclic amines) is 2. The lowest BCUT2D eigenvalue weighted by atomic mass is 9.92. The molecule has 1 aromatic carbocycles. The minimum absolute atomic E-state index is 0.112. The Kier molecular flexibility index (Phi) is 5.67. The number of hydrogen-bond donors (Lipinski definition) is 0. The molecule has 2 fully saturated rings. The van der Waals surface area contributed by atoms with Gasteiger partial charge in [0.2, 0.25) is 5.95 Å². The van der Waals surface area contributed by atoms with Crippen LogP contribution in [0.15, 0.2) is 36.7 Å². The van der Waals surface area contributed by atoms with Crippen LogP contribution in [0.2, 0.25) is 0 Å². The maximum Gasteiger partial charge on any atom is 0.253 e. The summed E-state index contributed by atoms with van der Waals surface area (Å²) >= 11 is 0. The first-order valence-corrected chi connectivity index (χ1v) is 10.2. The molecule has 0 saturated carbocycles. The van der Waals surface area contributed by atoms with Crippen LogP contribution in [0.25, 0.3) is 0 Å². The molecule has 3 heterocycles. The van der Waals surface area contributed by atoms with Gasteiger partial charge in [0.05, 0.1) is 7.11 Å². The highest BCUT2D eigenvalue weighted by Gasteiger charge is 2.40. The zero-order chi connectivity index (χ0) is 20.4. The predicted octanol–water partition coefficient (Wildman–Crippen LogP) is 2.29. The van der Waals surface area contributed by atoms with Crippen LogP contribution < -0.4 is 9.64 Å². The van der Waals surface area contributed by atoms with Crippen molar-refractivity contribution >= 4 is 11.9 Å². The molecule has 0 aliphatic carbocycles. The van der Waals surface area contributed by atoms with Crippen LogP contribution in [0.5, 0.6) is 5.75 Å². The first kappa shape index (κ1) is 19.6. The van der Waals surface area contributed by atoms with Crippen LogP contribution in [0, 0.1) is 5.92 Å². The summed E-state index contributed by atoms with van der Waals surface area (Å²) in [6.07, 6.45) is 6.19. The molecule has 2 aliphatic rings. The predicted molar refractivity (Wildman–Crippen MR) is 112 cm³/mol. The molecule has 4 rings (SSSR count).